The largest absolute Gasteiger partial charge is 0.478 e. The van der Waals surface area contributed by atoms with Crippen LogP contribution in [0.25, 0.3) is 16.0 Å². The number of hydrogen-bond donors (Lipinski definition) is 1. The molecule has 1 N–H and O–H groups in total. The first-order valence-electron chi connectivity index (χ1n) is 11.9. The van der Waals surface area contributed by atoms with E-state index in [4.69, 9.17) is 0 Å². The maximum atomic E-state index is 13.4. The van der Waals surface area contributed by atoms with E-state index in [2.05, 4.69) is 44.4 Å². The van der Waals surface area contributed by atoms with Gasteiger partial charge in [0.2, 0.25) is 0 Å². The molecule has 1 aliphatic carbocycles. The number of aromatic carboxylic acids is 1. The lowest BCUT2D eigenvalue weighted by Crippen LogP contribution is -2.48. The fraction of sp³-hybridized carbons (Fsp3) is 0.267. The van der Waals surface area contributed by atoms with Gasteiger partial charge >= 0.3 is 5.97 Å². The molecular formula is C30H29NO3S. The zero-order chi connectivity index (χ0) is 24.8. The quantitative estimate of drug-likeness (QED) is 0.406. The van der Waals surface area contributed by atoms with Crippen molar-refractivity contribution in [2.45, 2.75) is 27.2 Å². The second kappa shape index (κ2) is 8.65. The van der Waals surface area contributed by atoms with Crippen LogP contribution in [0, 0.1) is 10.8 Å². The summed E-state index contributed by atoms with van der Waals surface area (Å²) in [7, 11) is 0. The molecule has 5 rings (SSSR count). The highest BCUT2D eigenvalue weighted by molar-refractivity contribution is 7.13. The zero-order valence-electron chi connectivity index (χ0n) is 20.2. The Kier molecular flexibility index (Phi) is 5.76. The smallest absolute Gasteiger partial charge is 0.335 e. The van der Waals surface area contributed by atoms with Crippen molar-refractivity contribution in [3.8, 4) is 10.4 Å². The second-order valence-corrected chi connectivity index (χ2v) is 11.2. The van der Waals surface area contributed by atoms with Gasteiger partial charge in [-0.05, 0) is 58.8 Å². The van der Waals surface area contributed by atoms with E-state index in [1.807, 2.05) is 47.4 Å². The predicted octanol–water partition coefficient (Wildman–Crippen LogP) is 7.02. The van der Waals surface area contributed by atoms with Gasteiger partial charge in [0.25, 0.3) is 5.91 Å². The molecule has 1 atom stereocenters. The number of carbonyl (C=O) groups is 2. The lowest BCUT2D eigenvalue weighted by molar-refractivity contribution is 0.0678. The molecule has 2 aliphatic rings. The number of carboxylic acid groups (broad SMARTS) is 1. The summed E-state index contributed by atoms with van der Waals surface area (Å²) < 4.78 is 0. The SMILES string of the molecule is CC1(C)C(c2ccc(C(=O)O)cc2)=CC[C@]2(C)CN(C(=O)c3ccc(-c4cccs4)cc3)CC=C12. The summed E-state index contributed by atoms with van der Waals surface area (Å²) in [6.07, 6.45) is 5.34. The minimum atomic E-state index is -0.915. The van der Waals surface area contributed by atoms with Gasteiger partial charge in [-0.2, -0.15) is 0 Å². The first-order valence-corrected chi connectivity index (χ1v) is 12.8. The summed E-state index contributed by atoms with van der Waals surface area (Å²) in [6, 6.07) is 19.2. The molecule has 0 spiro atoms. The third-order valence-electron chi connectivity index (χ3n) is 7.48. The number of carbonyl (C=O) groups excluding carboxylic acids is 1. The maximum Gasteiger partial charge on any atom is 0.335 e. The van der Waals surface area contributed by atoms with Crippen LogP contribution in [-0.4, -0.2) is 35.0 Å². The molecule has 0 saturated carbocycles. The Bertz CT molecular complexity index is 1330. The van der Waals surface area contributed by atoms with E-state index in [9.17, 15) is 14.7 Å². The molecule has 2 aromatic carbocycles. The number of fused-ring (bicyclic) bond motifs is 1. The monoisotopic (exact) mass is 483 g/mol. The lowest BCUT2D eigenvalue weighted by atomic mass is 9.58. The van der Waals surface area contributed by atoms with E-state index in [-0.39, 0.29) is 16.7 Å². The van der Waals surface area contributed by atoms with Crippen molar-refractivity contribution in [1.82, 2.24) is 4.90 Å². The molecule has 178 valence electrons. The van der Waals surface area contributed by atoms with Crippen LogP contribution >= 0.6 is 11.3 Å². The Balaban J connectivity index is 1.37. The number of benzene rings is 2. The molecule has 1 aliphatic heterocycles. The topological polar surface area (TPSA) is 57.6 Å². The molecule has 1 aromatic heterocycles. The van der Waals surface area contributed by atoms with Crippen LogP contribution in [0.15, 0.2) is 83.8 Å². The fourth-order valence-corrected chi connectivity index (χ4v) is 6.49. The third-order valence-corrected chi connectivity index (χ3v) is 8.40. The Hall–Kier alpha value is -3.44. The Labute approximate surface area is 210 Å². The summed E-state index contributed by atoms with van der Waals surface area (Å²) >= 11 is 1.70. The first kappa shape index (κ1) is 23.3. The number of hydrogen-bond acceptors (Lipinski definition) is 3. The number of thiophene rings is 1. The maximum absolute atomic E-state index is 13.4. The van der Waals surface area contributed by atoms with Crippen molar-refractivity contribution >= 4 is 28.8 Å². The number of rotatable bonds is 4. The van der Waals surface area contributed by atoms with E-state index >= 15 is 0 Å². The fourth-order valence-electron chi connectivity index (χ4n) is 5.76. The molecule has 2 heterocycles. The van der Waals surface area contributed by atoms with Crippen LogP contribution in [0.1, 0.15) is 53.5 Å². The molecule has 1 amide bonds. The Morgan fingerprint density at radius 3 is 2.17 bits per heavy atom. The van der Waals surface area contributed by atoms with Gasteiger partial charge in [-0.3, -0.25) is 4.79 Å². The molecule has 0 unspecified atom stereocenters. The van der Waals surface area contributed by atoms with E-state index < -0.39 is 5.97 Å². The molecule has 3 aromatic rings. The van der Waals surface area contributed by atoms with Gasteiger partial charge in [-0.15, -0.1) is 11.3 Å². The zero-order valence-corrected chi connectivity index (χ0v) is 21.1. The van der Waals surface area contributed by atoms with Gasteiger partial charge < -0.3 is 10.0 Å². The van der Waals surface area contributed by atoms with Crippen molar-refractivity contribution in [1.29, 1.82) is 0 Å². The molecule has 0 bridgehead atoms. The number of carboxylic acids is 1. The molecule has 4 nitrogen and oxygen atoms in total. The van der Waals surface area contributed by atoms with Gasteiger partial charge in [0, 0.05) is 34.4 Å². The summed E-state index contributed by atoms with van der Waals surface area (Å²) in [5, 5.41) is 11.3. The Morgan fingerprint density at radius 2 is 1.54 bits per heavy atom. The van der Waals surface area contributed by atoms with Gasteiger partial charge in [0.05, 0.1) is 5.56 Å². The van der Waals surface area contributed by atoms with E-state index in [0.717, 1.165) is 23.1 Å². The second-order valence-electron chi connectivity index (χ2n) is 10.2. The van der Waals surface area contributed by atoms with Crippen LogP contribution in [0.3, 0.4) is 0 Å². The molecule has 35 heavy (non-hydrogen) atoms. The van der Waals surface area contributed by atoms with E-state index in [1.165, 1.54) is 16.0 Å². The van der Waals surface area contributed by atoms with Crippen molar-refractivity contribution in [3.63, 3.8) is 0 Å². The highest BCUT2D eigenvalue weighted by Gasteiger charge is 2.46. The van der Waals surface area contributed by atoms with Gasteiger partial charge in [-0.25, -0.2) is 4.79 Å². The van der Waals surface area contributed by atoms with Gasteiger partial charge in [-0.1, -0.05) is 68.8 Å². The lowest BCUT2D eigenvalue weighted by Gasteiger charge is -2.50. The average molecular weight is 484 g/mol. The van der Waals surface area contributed by atoms with Crippen molar-refractivity contribution in [2.75, 3.05) is 13.1 Å². The van der Waals surface area contributed by atoms with Crippen LogP contribution in [0.2, 0.25) is 0 Å². The highest BCUT2D eigenvalue weighted by Crippen LogP contribution is 2.55. The minimum absolute atomic E-state index is 0.0658. The van der Waals surface area contributed by atoms with E-state index in [0.29, 0.717) is 18.7 Å². The summed E-state index contributed by atoms with van der Waals surface area (Å²) in [6.45, 7) is 7.98. The highest BCUT2D eigenvalue weighted by atomic mass is 32.1. The van der Waals surface area contributed by atoms with Crippen molar-refractivity contribution in [3.05, 3.63) is 100 Å². The molecule has 0 saturated heterocycles. The van der Waals surface area contributed by atoms with Gasteiger partial charge in [0.1, 0.15) is 0 Å². The number of allylic oxidation sites excluding steroid dienone is 2. The molecule has 5 heteroatoms. The van der Waals surface area contributed by atoms with Crippen LogP contribution in [0.4, 0.5) is 0 Å². The number of amides is 1. The van der Waals surface area contributed by atoms with Crippen LogP contribution < -0.4 is 0 Å². The minimum Gasteiger partial charge on any atom is -0.478 e. The molecule has 0 fully saturated rings. The van der Waals surface area contributed by atoms with Crippen molar-refractivity contribution < 1.29 is 14.7 Å². The molecule has 0 radical (unpaired) electrons. The summed E-state index contributed by atoms with van der Waals surface area (Å²) in [4.78, 5) is 27.8. The predicted molar refractivity (Wildman–Crippen MR) is 142 cm³/mol. The van der Waals surface area contributed by atoms with E-state index in [1.54, 1.807) is 23.5 Å². The van der Waals surface area contributed by atoms with Crippen LogP contribution in [0.5, 0.6) is 0 Å². The Morgan fingerprint density at radius 1 is 0.886 bits per heavy atom. The summed E-state index contributed by atoms with van der Waals surface area (Å²) in [5.74, 6) is -0.849. The van der Waals surface area contributed by atoms with Gasteiger partial charge in [0.15, 0.2) is 0 Å². The molecular weight excluding hydrogens is 454 g/mol. The third kappa shape index (κ3) is 4.14. The average Bonchev–Trinajstić information content (AvgIpc) is 3.38. The number of nitrogens with zero attached hydrogens (tertiary/aromatic N) is 1. The standard InChI is InChI=1S/C30H29NO3S/c1-29(2)24(20-6-12-23(13-7-20)28(33)34)14-16-30(3)19-31(17-15-26(29)30)27(32)22-10-8-21(9-11-22)25-5-4-18-35-25/h4-15,18H,16-17,19H2,1-3H3,(H,33,34)/t30-/m1/s1. The first-order chi connectivity index (χ1) is 16.7. The normalized spacial score (nSPS) is 21.1. The summed E-state index contributed by atoms with van der Waals surface area (Å²) in [5.41, 5.74) is 5.40. The van der Waals surface area contributed by atoms with Crippen molar-refractivity contribution in [2.24, 2.45) is 10.8 Å². The van der Waals surface area contributed by atoms with Crippen LogP contribution in [-0.2, 0) is 0 Å².